The average Bonchev–Trinajstić information content (AvgIpc) is 3.21. The SMILES string of the molecule is Clc1ccc(CO/N=C(\Cn2cncn2)c2ccc3ccccc3c2)cc1. The molecular formula is C21H17ClN4O. The van der Waals surface area contributed by atoms with Gasteiger partial charge in [0.05, 0.1) is 6.54 Å². The molecule has 0 saturated carbocycles. The number of hydrogen-bond acceptors (Lipinski definition) is 4. The van der Waals surface area contributed by atoms with Crippen LogP contribution in [0.2, 0.25) is 5.02 Å². The summed E-state index contributed by atoms with van der Waals surface area (Å²) in [6.45, 7) is 0.838. The van der Waals surface area contributed by atoms with E-state index in [-0.39, 0.29) is 0 Å². The molecule has 0 atom stereocenters. The van der Waals surface area contributed by atoms with Crippen molar-refractivity contribution in [3.05, 3.63) is 95.5 Å². The third-order valence-electron chi connectivity index (χ3n) is 4.18. The highest BCUT2D eigenvalue weighted by Gasteiger charge is 2.08. The molecule has 4 aromatic rings. The Kier molecular flexibility index (Phi) is 5.12. The van der Waals surface area contributed by atoms with Crippen molar-refractivity contribution in [1.82, 2.24) is 14.8 Å². The van der Waals surface area contributed by atoms with Crippen LogP contribution in [0.5, 0.6) is 0 Å². The maximum atomic E-state index is 5.92. The lowest BCUT2D eigenvalue weighted by Gasteiger charge is -2.09. The molecule has 1 aromatic heterocycles. The molecule has 0 unspecified atom stereocenters. The quantitative estimate of drug-likeness (QED) is 0.362. The minimum absolute atomic E-state index is 0.367. The fourth-order valence-electron chi connectivity index (χ4n) is 2.77. The van der Waals surface area contributed by atoms with Gasteiger partial charge in [-0.3, -0.25) is 0 Å². The summed E-state index contributed by atoms with van der Waals surface area (Å²) in [7, 11) is 0. The van der Waals surface area contributed by atoms with Gasteiger partial charge in [-0.15, -0.1) is 0 Å². The summed E-state index contributed by atoms with van der Waals surface area (Å²) in [5, 5.41) is 11.6. The Morgan fingerprint density at radius 2 is 1.81 bits per heavy atom. The number of rotatable bonds is 6. The second-order valence-corrected chi connectivity index (χ2v) is 6.53. The fraction of sp³-hybridized carbons (Fsp3) is 0.0952. The van der Waals surface area contributed by atoms with Crippen molar-refractivity contribution in [2.45, 2.75) is 13.2 Å². The van der Waals surface area contributed by atoms with Crippen LogP contribution in [-0.4, -0.2) is 20.5 Å². The second kappa shape index (κ2) is 8.01. The molecule has 0 amide bonds. The largest absolute Gasteiger partial charge is 0.391 e. The Balaban J connectivity index is 1.59. The Morgan fingerprint density at radius 1 is 1.00 bits per heavy atom. The first-order valence-electron chi connectivity index (χ1n) is 8.53. The third kappa shape index (κ3) is 4.33. The van der Waals surface area contributed by atoms with Gasteiger partial charge in [0.2, 0.25) is 0 Å². The van der Waals surface area contributed by atoms with Gasteiger partial charge in [-0.2, -0.15) is 5.10 Å². The maximum absolute atomic E-state index is 5.92. The van der Waals surface area contributed by atoms with Crippen LogP contribution >= 0.6 is 11.6 Å². The average molecular weight is 377 g/mol. The van der Waals surface area contributed by atoms with Gasteiger partial charge in [0.1, 0.15) is 25.0 Å². The van der Waals surface area contributed by atoms with Crippen LogP contribution in [0.3, 0.4) is 0 Å². The molecule has 0 aliphatic rings. The van der Waals surface area contributed by atoms with Crippen LogP contribution in [0.4, 0.5) is 0 Å². The number of fused-ring (bicyclic) bond motifs is 1. The molecule has 0 bridgehead atoms. The van der Waals surface area contributed by atoms with E-state index in [4.69, 9.17) is 16.4 Å². The molecule has 0 fully saturated rings. The van der Waals surface area contributed by atoms with E-state index < -0.39 is 0 Å². The Labute approximate surface area is 161 Å². The first-order chi connectivity index (χ1) is 13.3. The molecule has 0 aliphatic heterocycles. The lowest BCUT2D eigenvalue weighted by Crippen LogP contribution is -2.13. The standard InChI is InChI=1S/C21H17ClN4O/c22-20-9-5-16(6-10-20)13-27-25-21(12-26-15-23-14-24-26)19-8-7-17-3-1-2-4-18(17)11-19/h1-11,14-15H,12-13H2/b25-21+. The van der Waals surface area contributed by atoms with E-state index in [0.29, 0.717) is 18.2 Å². The van der Waals surface area contributed by atoms with E-state index in [1.807, 2.05) is 42.5 Å². The normalized spacial score (nSPS) is 11.7. The first-order valence-corrected chi connectivity index (χ1v) is 8.90. The second-order valence-electron chi connectivity index (χ2n) is 6.09. The van der Waals surface area contributed by atoms with Crippen molar-refractivity contribution in [3.63, 3.8) is 0 Å². The molecular weight excluding hydrogens is 360 g/mol. The zero-order valence-corrected chi connectivity index (χ0v) is 15.3. The van der Waals surface area contributed by atoms with Crippen molar-refractivity contribution in [2.75, 3.05) is 0 Å². The molecule has 4 rings (SSSR count). The van der Waals surface area contributed by atoms with E-state index in [0.717, 1.165) is 22.2 Å². The van der Waals surface area contributed by atoms with Gasteiger partial charge in [0, 0.05) is 10.6 Å². The number of aromatic nitrogens is 3. The minimum Gasteiger partial charge on any atom is -0.391 e. The van der Waals surface area contributed by atoms with Crippen molar-refractivity contribution in [3.8, 4) is 0 Å². The summed E-state index contributed by atoms with van der Waals surface area (Å²) >= 11 is 5.92. The van der Waals surface area contributed by atoms with Gasteiger partial charge in [-0.25, -0.2) is 9.67 Å². The van der Waals surface area contributed by atoms with E-state index in [1.165, 1.54) is 11.7 Å². The van der Waals surface area contributed by atoms with E-state index in [9.17, 15) is 0 Å². The predicted molar refractivity (Wildman–Crippen MR) is 107 cm³/mol. The summed E-state index contributed by atoms with van der Waals surface area (Å²) in [4.78, 5) is 9.62. The van der Waals surface area contributed by atoms with Gasteiger partial charge in [-0.05, 0) is 34.5 Å². The summed E-state index contributed by atoms with van der Waals surface area (Å²) in [5.41, 5.74) is 2.77. The highest BCUT2D eigenvalue weighted by Crippen LogP contribution is 2.17. The fourth-order valence-corrected chi connectivity index (χ4v) is 2.90. The number of benzene rings is 3. The lowest BCUT2D eigenvalue weighted by molar-refractivity contribution is 0.130. The maximum Gasteiger partial charge on any atom is 0.142 e. The van der Waals surface area contributed by atoms with Gasteiger partial charge < -0.3 is 4.84 Å². The number of nitrogens with zero attached hydrogens (tertiary/aromatic N) is 4. The molecule has 0 spiro atoms. The molecule has 134 valence electrons. The van der Waals surface area contributed by atoms with Crippen LogP contribution in [0.25, 0.3) is 10.8 Å². The predicted octanol–water partition coefficient (Wildman–Crippen LogP) is 4.71. The highest BCUT2D eigenvalue weighted by atomic mass is 35.5. The molecule has 6 heteroatoms. The smallest absolute Gasteiger partial charge is 0.142 e. The van der Waals surface area contributed by atoms with Crippen LogP contribution in [0.1, 0.15) is 11.1 Å². The lowest BCUT2D eigenvalue weighted by atomic mass is 10.0. The van der Waals surface area contributed by atoms with Crippen LogP contribution in [0.15, 0.2) is 84.5 Å². The van der Waals surface area contributed by atoms with E-state index >= 15 is 0 Å². The van der Waals surface area contributed by atoms with Crippen molar-refractivity contribution in [2.24, 2.45) is 5.16 Å². The Hall–Kier alpha value is -3.18. The first kappa shape index (κ1) is 17.2. The van der Waals surface area contributed by atoms with Crippen LogP contribution in [0, 0.1) is 0 Å². The molecule has 1 heterocycles. The molecule has 0 N–H and O–H groups in total. The van der Waals surface area contributed by atoms with Gasteiger partial charge >= 0.3 is 0 Å². The number of oxime groups is 1. The summed E-state index contributed by atoms with van der Waals surface area (Å²) in [6.07, 6.45) is 3.17. The molecule has 3 aromatic carbocycles. The zero-order chi connectivity index (χ0) is 18.5. The highest BCUT2D eigenvalue weighted by molar-refractivity contribution is 6.30. The monoisotopic (exact) mass is 376 g/mol. The third-order valence-corrected chi connectivity index (χ3v) is 4.43. The van der Waals surface area contributed by atoms with Gasteiger partial charge in [0.25, 0.3) is 0 Å². The number of hydrogen-bond donors (Lipinski definition) is 0. The molecule has 27 heavy (non-hydrogen) atoms. The van der Waals surface area contributed by atoms with Gasteiger partial charge in [0.15, 0.2) is 0 Å². The molecule has 5 nitrogen and oxygen atoms in total. The van der Waals surface area contributed by atoms with E-state index in [2.05, 4.69) is 39.5 Å². The van der Waals surface area contributed by atoms with E-state index in [1.54, 1.807) is 11.0 Å². The van der Waals surface area contributed by atoms with Gasteiger partial charge in [-0.1, -0.05) is 65.3 Å². The van der Waals surface area contributed by atoms with Crippen molar-refractivity contribution >= 4 is 28.1 Å². The van der Waals surface area contributed by atoms with Crippen molar-refractivity contribution < 1.29 is 4.84 Å². The minimum atomic E-state index is 0.367. The zero-order valence-electron chi connectivity index (χ0n) is 14.5. The van der Waals surface area contributed by atoms with Crippen LogP contribution in [-0.2, 0) is 18.0 Å². The molecule has 0 radical (unpaired) electrons. The summed E-state index contributed by atoms with van der Waals surface area (Å²) < 4.78 is 1.72. The van der Waals surface area contributed by atoms with Crippen LogP contribution < -0.4 is 0 Å². The Morgan fingerprint density at radius 3 is 2.59 bits per heavy atom. The topological polar surface area (TPSA) is 52.3 Å². The molecule has 0 saturated heterocycles. The summed E-state index contributed by atoms with van der Waals surface area (Å²) in [6, 6.07) is 22.0. The van der Waals surface area contributed by atoms with Crippen molar-refractivity contribution in [1.29, 1.82) is 0 Å². The summed E-state index contributed by atoms with van der Waals surface area (Å²) in [5.74, 6) is 0. The Bertz CT molecular complexity index is 1060. The number of halogens is 1. The molecule has 0 aliphatic carbocycles.